The minimum absolute atomic E-state index is 0.135. The van der Waals surface area contributed by atoms with Crippen molar-refractivity contribution < 1.29 is 19.1 Å². The molecule has 0 spiro atoms. The minimum Gasteiger partial charge on any atom is -0.379 e. The van der Waals surface area contributed by atoms with E-state index in [0.29, 0.717) is 22.7 Å². The summed E-state index contributed by atoms with van der Waals surface area (Å²) in [5.74, 6) is -1.02. The van der Waals surface area contributed by atoms with Crippen LogP contribution in [0.5, 0.6) is 0 Å². The molecule has 2 aromatic rings. The summed E-state index contributed by atoms with van der Waals surface area (Å²) in [6, 6.07) is 11.7. The normalized spacial score (nSPS) is 16.5. The van der Waals surface area contributed by atoms with E-state index in [1.807, 2.05) is 6.07 Å². The molecule has 2 aromatic carbocycles. The number of imide groups is 1. The predicted octanol–water partition coefficient (Wildman–Crippen LogP) is 2.59. The first-order valence-electron chi connectivity index (χ1n) is 10.4. The second-order valence-corrected chi connectivity index (χ2v) is 8.09. The maximum absolute atomic E-state index is 12.8. The van der Waals surface area contributed by atoms with Crippen molar-refractivity contribution in [1.29, 1.82) is 0 Å². The van der Waals surface area contributed by atoms with Crippen molar-refractivity contribution in [1.82, 2.24) is 15.1 Å². The highest BCUT2D eigenvalue weighted by molar-refractivity contribution is 6.30. The third-order valence-electron chi connectivity index (χ3n) is 5.50. The van der Waals surface area contributed by atoms with Crippen molar-refractivity contribution in [3.05, 3.63) is 69.7 Å². The molecule has 162 valence electrons. The SMILES string of the molecule is O=C(NCCCN1CCOCC1)c1ccc2c(c1)C(=O)N(Cc1cccc(Cl)c1)C2=O. The van der Waals surface area contributed by atoms with Crippen LogP contribution in [0, 0.1) is 0 Å². The van der Waals surface area contributed by atoms with Gasteiger partial charge in [-0.15, -0.1) is 0 Å². The minimum atomic E-state index is -0.401. The molecule has 3 amide bonds. The first-order chi connectivity index (χ1) is 15.0. The topological polar surface area (TPSA) is 79.0 Å². The number of hydrogen-bond acceptors (Lipinski definition) is 5. The van der Waals surface area contributed by atoms with E-state index in [-0.39, 0.29) is 23.9 Å². The summed E-state index contributed by atoms with van der Waals surface area (Å²) >= 11 is 6.00. The van der Waals surface area contributed by atoms with Gasteiger partial charge in [0, 0.05) is 30.2 Å². The number of amides is 3. The quantitative estimate of drug-likeness (QED) is 0.527. The van der Waals surface area contributed by atoms with Crippen LogP contribution in [-0.4, -0.2) is 66.9 Å². The number of nitrogens with one attached hydrogen (secondary N) is 1. The predicted molar refractivity (Wildman–Crippen MR) is 116 cm³/mol. The number of morpholine rings is 1. The second-order valence-electron chi connectivity index (χ2n) is 7.65. The van der Waals surface area contributed by atoms with Crippen LogP contribution in [0.1, 0.15) is 43.1 Å². The van der Waals surface area contributed by atoms with Gasteiger partial charge >= 0.3 is 0 Å². The number of rotatable bonds is 7. The van der Waals surface area contributed by atoms with Gasteiger partial charge in [0.1, 0.15) is 0 Å². The summed E-state index contributed by atoms with van der Waals surface area (Å²) in [5, 5.41) is 3.43. The smallest absolute Gasteiger partial charge is 0.261 e. The average molecular weight is 442 g/mol. The Kier molecular flexibility index (Phi) is 6.65. The summed E-state index contributed by atoms with van der Waals surface area (Å²) in [6.07, 6.45) is 0.835. The van der Waals surface area contributed by atoms with Gasteiger partial charge in [-0.1, -0.05) is 23.7 Å². The highest BCUT2D eigenvalue weighted by Gasteiger charge is 2.36. The van der Waals surface area contributed by atoms with Gasteiger partial charge in [-0.25, -0.2) is 0 Å². The maximum atomic E-state index is 12.8. The van der Waals surface area contributed by atoms with E-state index in [2.05, 4.69) is 10.2 Å². The molecule has 0 aromatic heterocycles. The Morgan fingerprint density at radius 2 is 1.81 bits per heavy atom. The maximum Gasteiger partial charge on any atom is 0.261 e. The number of nitrogens with zero attached hydrogens (tertiary/aromatic N) is 2. The number of carbonyl (C=O) groups excluding carboxylic acids is 3. The Hall–Kier alpha value is -2.74. The van der Waals surface area contributed by atoms with Crippen molar-refractivity contribution in [3.8, 4) is 0 Å². The van der Waals surface area contributed by atoms with Crippen LogP contribution in [0.15, 0.2) is 42.5 Å². The van der Waals surface area contributed by atoms with Crippen LogP contribution in [0.4, 0.5) is 0 Å². The summed E-state index contributed by atoms with van der Waals surface area (Å²) in [7, 11) is 0. The molecule has 2 aliphatic rings. The average Bonchev–Trinajstić information content (AvgIpc) is 3.02. The van der Waals surface area contributed by atoms with Crippen molar-refractivity contribution in [2.24, 2.45) is 0 Å². The molecule has 0 atom stereocenters. The van der Waals surface area contributed by atoms with Gasteiger partial charge in [0.15, 0.2) is 0 Å². The Morgan fingerprint density at radius 1 is 1.03 bits per heavy atom. The van der Waals surface area contributed by atoms with Gasteiger partial charge in [-0.05, 0) is 48.9 Å². The Balaban J connectivity index is 1.36. The molecular weight excluding hydrogens is 418 g/mol. The molecule has 0 unspecified atom stereocenters. The molecule has 1 fully saturated rings. The fourth-order valence-corrected chi connectivity index (χ4v) is 4.04. The number of carbonyl (C=O) groups is 3. The number of ether oxygens (including phenoxy) is 1. The van der Waals surface area contributed by atoms with Gasteiger partial charge in [0.05, 0.1) is 30.9 Å². The fourth-order valence-electron chi connectivity index (χ4n) is 3.82. The van der Waals surface area contributed by atoms with Crippen LogP contribution in [0.25, 0.3) is 0 Å². The van der Waals surface area contributed by atoms with Crippen LogP contribution in [-0.2, 0) is 11.3 Å². The van der Waals surface area contributed by atoms with Gasteiger partial charge in [0.2, 0.25) is 0 Å². The van der Waals surface area contributed by atoms with E-state index < -0.39 is 5.91 Å². The third-order valence-corrected chi connectivity index (χ3v) is 5.74. The lowest BCUT2D eigenvalue weighted by Gasteiger charge is -2.26. The molecule has 8 heteroatoms. The summed E-state index contributed by atoms with van der Waals surface area (Å²) in [6.45, 7) is 4.92. The number of fused-ring (bicyclic) bond motifs is 1. The van der Waals surface area contributed by atoms with E-state index >= 15 is 0 Å². The van der Waals surface area contributed by atoms with E-state index in [1.54, 1.807) is 30.3 Å². The lowest BCUT2D eigenvalue weighted by molar-refractivity contribution is 0.0374. The van der Waals surface area contributed by atoms with Crippen molar-refractivity contribution in [3.63, 3.8) is 0 Å². The molecule has 31 heavy (non-hydrogen) atoms. The molecule has 1 saturated heterocycles. The Morgan fingerprint density at radius 3 is 2.58 bits per heavy atom. The Bertz CT molecular complexity index is 1000. The van der Waals surface area contributed by atoms with Crippen LogP contribution in [0.3, 0.4) is 0 Å². The van der Waals surface area contributed by atoms with Crippen LogP contribution >= 0.6 is 11.6 Å². The highest BCUT2D eigenvalue weighted by atomic mass is 35.5. The standard InChI is InChI=1S/C23H24ClN3O4/c24-18-4-1-3-16(13-18)15-27-22(29)19-6-5-17(14-20(19)23(27)30)21(28)25-7-2-8-26-9-11-31-12-10-26/h1,3-6,13-14H,2,7-12,15H2,(H,25,28). The lowest BCUT2D eigenvalue weighted by atomic mass is 10.1. The van der Waals surface area contributed by atoms with E-state index in [1.165, 1.54) is 11.0 Å². The van der Waals surface area contributed by atoms with E-state index in [4.69, 9.17) is 16.3 Å². The molecule has 0 radical (unpaired) electrons. The zero-order valence-corrected chi connectivity index (χ0v) is 17.9. The Labute approximate surface area is 185 Å². The van der Waals surface area contributed by atoms with Crippen molar-refractivity contribution in [2.75, 3.05) is 39.4 Å². The van der Waals surface area contributed by atoms with Gasteiger partial charge < -0.3 is 10.1 Å². The molecule has 0 bridgehead atoms. The fraction of sp³-hybridized carbons (Fsp3) is 0.348. The zero-order chi connectivity index (χ0) is 21.8. The summed E-state index contributed by atoms with van der Waals surface area (Å²) in [4.78, 5) is 41.5. The van der Waals surface area contributed by atoms with Crippen molar-refractivity contribution >= 4 is 29.3 Å². The molecule has 2 heterocycles. The van der Waals surface area contributed by atoms with Crippen LogP contribution < -0.4 is 5.32 Å². The number of benzene rings is 2. The van der Waals surface area contributed by atoms with E-state index in [0.717, 1.165) is 44.8 Å². The molecule has 2 aliphatic heterocycles. The lowest BCUT2D eigenvalue weighted by Crippen LogP contribution is -2.38. The molecule has 1 N–H and O–H groups in total. The first-order valence-corrected chi connectivity index (χ1v) is 10.7. The molecule has 4 rings (SSSR count). The van der Waals surface area contributed by atoms with Gasteiger partial charge in [-0.3, -0.25) is 24.2 Å². The largest absolute Gasteiger partial charge is 0.379 e. The number of hydrogen-bond donors (Lipinski definition) is 1. The highest BCUT2D eigenvalue weighted by Crippen LogP contribution is 2.26. The molecule has 0 saturated carbocycles. The molecule has 0 aliphatic carbocycles. The third kappa shape index (κ3) is 4.95. The van der Waals surface area contributed by atoms with E-state index in [9.17, 15) is 14.4 Å². The first kappa shape index (κ1) is 21.5. The summed E-state index contributed by atoms with van der Waals surface area (Å²) < 4.78 is 5.33. The monoisotopic (exact) mass is 441 g/mol. The second kappa shape index (κ2) is 9.60. The molecule has 7 nitrogen and oxygen atoms in total. The molecular formula is C23H24ClN3O4. The number of halogens is 1. The van der Waals surface area contributed by atoms with Crippen molar-refractivity contribution in [2.45, 2.75) is 13.0 Å². The van der Waals surface area contributed by atoms with Gasteiger partial charge in [0.25, 0.3) is 17.7 Å². The zero-order valence-electron chi connectivity index (χ0n) is 17.1. The summed E-state index contributed by atoms with van der Waals surface area (Å²) in [5.41, 5.74) is 1.71. The van der Waals surface area contributed by atoms with Gasteiger partial charge in [-0.2, -0.15) is 0 Å². The van der Waals surface area contributed by atoms with Crippen LogP contribution in [0.2, 0.25) is 5.02 Å².